The monoisotopic (exact) mass is 364 g/mol. The predicted octanol–water partition coefficient (Wildman–Crippen LogP) is 5.60. The molecule has 0 bridgehead atoms. The van der Waals surface area contributed by atoms with Gasteiger partial charge in [0, 0.05) is 9.35 Å². The second kappa shape index (κ2) is 5.00. The highest BCUT2D eigenvalue weighted by atomic mass is 79.9. The van der Waals surface area contributed by atoms with Crippen molar-refractivity contribution < 1.29 is 0 Å². The number of hydrogen-bond donors (Lipinski definition) is 0. The average molecular weight is 367 g/mol. The summed E-state index contributed by atoms with van der Waals surface area (Å²) in [6.07, 6.45) is 0. The molecule has 1 aromatic heterocycles. The van der Waals surface area contributed by atoms with E-state index in [-0.39, 0.29) is 5.38 Å². The molecule has 0 aliphatic heterocycles. The van der Waals surface area contributed by atoms with Gasteiger partial charge in [-0.3, -0.25) is 0 Å². The van der Waals surface area contributed by atoms with Crippen LogP contribution in [-0.4, -0.2) is 0 Å². The summed E-state index contributed by atoms with van der Waals surface area (Å²) in [7, 11) is 0. The van der Waals surface area contributed by atoms with Crippen LogP contribution in [0.4, 0.5) is 0 Å². The number of halogens is 3. The summed E-state index contributed by atoms with van der Waals surface area (Å²) in [6, 6.07) is 12.2. The van der Waals surface area contributed by atoms with Crippen molar-refractivity contribution in [3.05, 3.63) is 55.1 Å². The maximum atomic E-state index is 6.37. The van der Waals surface area contributed by atoms with E-state index in [2.05, 4.69) is 37.9 Å². The Bertz CT molecular complexity index is 450. The van der Waals surface area contributed by atoms with E-state index < -0.39 is 0 Å². The van der Waals surface area contributed by atoms with Gasteiger partial charge in [-0.1, -0.05) is 28.1 Å². The van der Waals surface area contributed by atoms with Crippen LogP contribution in [0, 0.1) is 0 Å². The minimum Gasteiger partial charge on any atom is -0.131 e. The second-order valence-corrected chi connectivity index (χ2v) is 6.90. The van der Waals surface area contributed by atoms with Crippen LogP contribution in [0.3, 0.4) is 0 Å². The van der Waals surface area contributed by atoms with Gasteiger partial charge in [-0.15, -0.1) is 22.9 Å². The number of hydrogen-bond acceptors (Lipinski definition) is 1. The maximum Gasteiger partial charge on any atom is 0.0928 e. The number of benzene rings is 1. The smallest absolute Gasteiger partial charge is 0.0928 e. The van der Waals surface area contributed by atoms with Gasteiger partial charge in [-0.05, 0) is 45.8 Å². The van der Waals surface area contributed by atoms with E-state index in [1.807, 2.05) is 30.3 Å². The SMILES string of the molecule is ClC(c1ccc(Br)cc1)c1ccc(Br)s1. The Morgan fingerprint density at radius 1 is 1.00 bits per heavy atom. The van der Waals surface area contributed by atoms with Crippen molar-refractivity contribution in [2.24, 2.45) is 0 Å². The first-order valence-electron chi connectivity index (χ1n) is 4.31. The van der Waals surface area contributed by atoms with Crippen molar-refractivity contribution in [1.82, 2.24) is 0 Å². The molecule has 0 nitrogen and oxygen atoms in total. The van der Waals surface area contributed by atoms with Gasteiger partial charge in [0.25, 0.3) is 0 Å². The number of rotatable bonds is 2. The highest BCUT2D eigenvalue weighted by Crippen LogP contribution is 2.35. The van der Waals surface area contributed by atoms with Crippen LogP contribution in [-0.2, 0) is 0 Å². The van der Waals surface area contributed by atoms with E-state index in [1.54, 1.807) is 11.3 Å². The van der Waals surface area contributed by atoms with Crippen molar-refractivity contribution in [2.75, 3.05) is 0 Å². The summed E-state index contributed by atoms with van der Waals surface area (Å²) in [5.74, 6) is 0. The standard InChI is InChI=1S/C11H7Br2ClS/c12-8-3-1-7(2-4-8)11(14)9-5-6-10(13)15-9/h1-6,11H. The zero-order chi connectivity index (χ0) is 10.8. The van der Waals surface area contributed by atoms with Gasteiger partial charge in [-0.2, -0.15) is 0 Å². The van der Waals surface area contributed by atoms with Crippen LogP contribution < -0.4 is 0 Å². The molecule has 0 spiro atoms. The molecular formula is C11H7Br2ClS. The molecule has 2 aromatic rings. The summed E-state index contributed by atoms with van der Waals surface area (Å²) in [5.41, 5.74) is 1.12. The molecule has 0 fully saturated rings. The lowest BCUT2D eigenvalue weighted by Crippen LogP contribution is -1.88. The molecule has 0 saturated carbocycles. The first-order valence-corrected chi connectivity index (χ1v) is 7.15. The van der Waals surface area contributed by atoms with Crippen molar-refractivity contribution in [3.63, 3.8) is 0 Å². The molecule has 0 aliphatic carbocycles. The quantitative estimate of drug-likeness (QED) is 0.607. The molecule has 0 N–H and O–H groups in total. The van der Waals surface area contributed by atoms with E-state index in [0.29, 0.717) is 0 Å². The number of thiophene rings is 1. The Morgan fingerprint density at radius 3 is 2.20 bits per heavy atom. The highest BCUT2D eigenvalue weighted by molar-refractivity contribution is 9.11. The summed E-state index contributed by atoms with van der Waals surface area (Å²) in [4.78, 5) is 1.16. The van der Waals surface area contributed by atoms with Crippen molar-refractivity contribution in [1.29, 1.82) is 0 Å². The highest BCUT2D eigenvalue weighted by Gasteiger charge is 2.12. The van der Waals surface area contributed by atoms with Crippen LogP contribution in [0.2, 0.25) is 0 Å². The molecule has 0 amide bonds. The van der Waals surface area contributed by atoms with Crippen LogP contribution in [0.5, 0.6) is 0 Å². The zero-order valence-corrected chi connectivity index (χ0v) is 12.3. The fourth-order valence-electron chi connectivity index (χ4n) is 1.26. The molecule has 1 aromatic carbocycles. The molecule has 1 heterocycles. The molecular weight excluding hydrogens is 359 g/mol. The first kappa shape index (κ1) is 11.6. The number of alkyl halides is 1. The Morgan fingerprint density at radius 2 is 1.67 bits per heavy atom. The maximum absolute atomic E-state index is 6.37. The lowest BCUT2D eigenvalue weighted by atomic mass is 10.1. The Balaban J connectivity index is 2.28. The van der Waals surface area contributed by atoms with Gasteiger partial charge in [0.2, 0.25) is 0 Å². The summed E-state index contributed by atoms with van der Waals surface area (Å²) >= 11 is 14.9. The van der Waals surface area contributed by atoms with Gasteiger partial charge < -0.3 is 0 Å². The first-order chi connectivity index (χ1) is 7.16. The van der Waals surface area contributed by atoms with Crippen molar-refractivity contribution in [3.8, 4) is 0 Å². The third-order valence-electron chi connectivity index (χ3n) is 2.01. The molecule has 78 valence electrons. The van der Waals surface area contributed by atoms with E-state index >= 15 is 0 Å². The van der Waals surface area contributed by atoms with Gasteiger partial charge in [0.05, 0.1) is 9.16 Å². The van der Waals surface area contributed by atoms with Gasteiger partial charge in [-0.25, -0.2) is 0 Å². The average Bonchev–Trinajstić information content (AvgIpc) is 2.65. The summed E-state index contributed by atoms with van der Waals surface area (Å²) in [6.45, 7) is 0. The topological polar surface area (TPSA) is 0 Å². The van der Waals surface area contributed by atoms with Crippen LogP contribution >= 0.6 is 54.8 Å². The van der Waals surface area contributed by atoms with Crippen molar-refractivity contribution >= 4 is 54.8 Å². The van der Waals surface area contributed by atoms with Gasteiger partial charge >= 0.3 is 0 Å². The molecule has 2 rings (SSSR count). The van der Waals surface area contributed by atoms with E-state index in [9.17, 15) is 0 Å². The van der Waals surface area contributed by atoms with E-state index in [0.717, 1.165) is 18.7 Å². The van der Waals surface area contributed by atoms with Gasteiger partial charge in [0.1, 0.15) is 0 Å². The fraction of sp³-hybridized carbons (Fsp3) is 0.0909. The third-order valence-corrected chi connectivity index (χ3v) is 4.84. The lowest BCUT2D eigenvalue weighted by Gasteiger charge is -2.07. The Labute approximate surface area is 115 Å². The molecule has 15 heavy (non-hydrogen) atoms. The molecule has 0 saturated heterocycles. The Kier molecular flexibility index (Phi) is 3.88. The van der Waals surface area contributed by atoms with Crippen LogP contribution in [0.25, 0.3) is 0 Å². The largest absolute Gasteiger partial charge is 0.131 e. The van der Waals surface area contributed by atoms with Gasteiger partial charge in [0.15, 0.2) is 0 Å². The van der Waals surface area contributed by atoms with Crippen molar-refractivity contribution in [2.45, 2.75) is 5.38 Å². The predicted molar refractivity (Wildman–Crippen MR) is 73.9 cm³/mol. The molecule has 1 unspecified atom stereocenters. The lowest BCUT2D eigenvalue weighted by molar-refractivity contribution is 1.18. The molecule has 1 atom stereocenters. The van der Waals surface area contributed by atoms with E-state index in [1.165, 1.54) is 0 Å². The van der Waals surface area contributed by atoms with Crippen LogP contribution in [0.1, 0.15) is 15.8 Å². The molecule has 4 heteroatoms. The van der Waals surface area contributed by atoms with Crippen LogP contribution in [0.15, 0.2) is 44.7 Å². The third kappa shape index (κ3) is 2.84. The second-order valence-electron chi connectivity index (χ2n) is 3.06. The van der Waals surface area contributed by atoms with E-state index in [4.69, 9.17) is 11.6 Å². The minimum absolute atomic E-state index is 0.0607. The molecule has 0 radical (unpaired) electrons. The fourth-order valence-corrected chi connectivity index (χ4v) is 3.31. The Hall–Kier alpha value is 0.170. The normalized spacial score (nSPS) is 12.7. The molecule has 0 aliphatic rings. The summed E-state index contributed by atoms with van der Waals surface area (Å²) < 4.78 is 2.18. The minimum atomic E-state index is -0.0607. The zero-order valence-electron chi connectivity index (χ0n) is 7.58. The summed E-state index contributed by atoms with van der Waals surface area (Å²) in [5, 5.41) is -0.0607.